The fraction of sp³-hybridized carbons (Fsp3) is 0.375. The van der Waals surface area contributed by atoms with Crippen LogP contribution in [0.1, 0.15) is 12.8 Å². The van der Waals surface area contributed by atoms with E-state index in [1.54, 1.807) is 6.08 Å². The van der Waals surface area contributed by atoms with Crippen LogP contribution in [0.15, 0.2) is 23.8 Å². The summed E-state index contributed by atoms with van der Waals surface area (Å²) in [5.41, 5.74) is 0.653. The van der Waals surface area contributed by atoms with Crippen molar-refractivity contribution in [1.29, 1.82) is 0 Å². The minimum Gasteiger partial charge on any atom is -0.301 e. The Bertz CT molecular complexity index is 369. The molecular formula is C8H11NO4S. The molecule has 0 aromatic heterocycles. The fourth-order valence-corrected chi connectivity index (χ4v) is 1.75. The number of carbonyl (C=O) groups excluding carboxylic acids is 1. The molecule has 0 fully saturated rings. The van der Waals surface area contributed by atoms with Crippen LogP contribution in [0.2, 0.25) is 0 Å². The van der Waals surface area contributed by atoms with Crippen LogP contribution >= 0.6 is 0 Å². The lowest BCUT2D eigenvalue weighted by molar-refractivity contribution is -0.108. The second-order valence-electron chi connectivity index (χ2n) is 2.90. The Balaban J connectivity index is 2.72. The molecule has 6 heteroatoms. The van der Waals surface area contributed by atoms with E-state index < -0.39 is 16.3 Å². The summed E-state index contributed by atoms with van der Waals surface area (Å²) in [5.74, 6) is 0. The van der Waals surface area contributed by atoms with E-state index >= 15 is 0 Å². The molecule has 0 amide bonds. The van der Waals surface area contributed by atoms with Gasteiger partial charge in [-0.1, -0.05) is 18.2 Å². The van der Waals surface area contributed by atoms with Crippen LogP contribution in [0.5, 0.6) is 0 Å². The van der Waals surface area contributed by atoms with Crippen LogP contribution in [0.4, 0.5) is 0 Å². The second-order valence-corrected chi connectivity index (χ2v) is 4.08. The van der Waals surface area contributed by atoms with Crippen LogP contribution < -0.4 is 4.72 Å². The number of hydrogen-bond donors (Lipinski definition) is 2. The van der Waals surface area contributed by atoms with Crippen molar-refractivity contribution in [2.75, 3.05) is 0 Å². The fourth-order valence-electron chi connectivity index (χ4n) is 1.22. The van der Waals surface area contributed by atoms with Gasteiger partial charge in [0, 0.05) is 0 Å². The zero-order valence-corrected chi connectivity index (χ0v) is 8.20. The molecule has 5 nitrogen and oxygen atoms in total. The second kappa shape index (κ2) is 4.50. The first-order chi connectivity index (χ1) is 6.53. The molecule has 0 bridgehead atoms. The molecule has 14 heavy (non-hydrogen) atoms. The molecule has 0 heterocycles. The van der Waals surface area contributed by atoms with E-state index in [0.29, 0.717) is 24.7 Å². The maximum atomic E-state index is 10.6. The first kappa shape index (κ1) is 11.1. The Kier molecular flexibility index (Phi) is 3.56. The lowest BCUT2D eigenvalue weighted by Crippen LogP contribution is -2.37. The van der Waals surface area contributed by atoms with Gasteiger partial charge in [-0.3, -0.25) is 4.55 Å². The summed E-state index contributed by atoms with van der Waals surface area (Å²) < 4.78 is 31.3. The average Bonchev–Trinajstić information content (AvgIpc) is 2.14. The van der Waals surface area contributed by atoms with Crippen LogP contribution in [0.3, 0.4) is 0 Å². The largest absolute Gasteiger partial charge is 0.334 e. The molecule has 0 saturated heterocycles. The van der Waals surface area contributed by atoms with Crippen LogP contribution in [-0.2, 0) is 15.1 Å². The summed E-state index contributed by atoms with van der Waals surface area (Å²) in [4.78, 5) is 10.6. The Labute approximate surface area is 82.4 Å². The Morgan fingerprint density at radius 2 is 2.21 bits per heavy atom. The summed E-state index contributed by atoms with van der Waals surface area (Å²) in [6.07, 6.45) is 7.17. The molecule has 0 saturated carbocycles. The van der Waals surface area contributed by atoms with Gasteiger partial charge in [-0.25, -0.2) is 0 Å². The van der Waals surface area contributed by atoms with Crippen LogP contribution in [-0.4, -0.2) is 25.3 Å². The van der Waals surface area contributed by atoms with E-state index in [1.165, 1.54) is 0 Å². The number of rotatable bonds is 4. The van der Waals surface area contributed by atoms with Crippen molar-refractivity contribution in [3.05, 3.63) is 23.8 Å². The molecule has 1 aliphatic rings. The summed E-state index contributed by atoms with van der Waals surface area (Å²) >= 11 is 0. The van der Waals surface area contributed by atoms with Crippen molar-refractivity contribution < 1.29 is 17.8 Å². The summed E-state index contributed by atoms with van der Waals surface area (Å²) in [7, 11) is -4.33. The average molecular weight is 217 g/mol. The minimum absolute atomic E-state index is 0.457. The third kappa shape index (κ3) is 3.41. The van der Waals surface area contributed by atoms with E-state index in [-0.39, 0.29) is 0 Å². The van der Waals surface area contributed by atoms with Gasteiger partial charge in [0.05, 0.1) is 0 Å². The first-order valence-electron chi connectivity index (χ1n) is 4.07. The van der Waals surface area contributed by atoms with E-state index in [0.717, 1.165) is 0 Å². The highest BCUT2D eigenvalue weighted by Gasteiger charge is 2.18. The molecule has 1 aliphatic carbocycles. The summed E-state index contributed by atoms with van der Waals surface area (Å²) in [6.45, 7) is 0. The van der Waals surface area contributed by atoms with E-state index in [9.17, 15) is 13.2 Å². The van der Waals surface area contributed by atoms with Gasteiger partial charge in [0.1, 0.15) is 12.3 Å². The third-order valence-electron chi connectivity index (χ3n) is 1.85. The van der Waals surface area contributed by atoms with E-state index in [1.807, 2.05) is 16.9 Å². The normalized spacial score (nSPS) is 18.8. The maximum Gasteiger partial charge on any atom is 0.334 e. The maximum absolute atomic E-state index is 10.6. The SMILES string of the molecule is O=CC(NS(=O)(=O)O)C1=CCC=CC1. The minimum atomic E-state index is -4.33. The highest BCUT2D eigenvalue weighted by atomic mass is 32.2. The Morgan fingerprint density at radius 1 is 1.50 bits per heavy atom. The standard InChI is InChI=1S/C8H11NO4S/c10-6-8(9-14(11,12)13)7-4-2-1-3-5-7/h1-2,5-6,8-9H,3-4H2,(H,11,12,13). The predicted molar refractivity (Wildman–Crippen MR) is 51.0 cm³/mol. The third-order valence-corrected chi connectivity index (χ3v) is 2.40. The van der Waals surface area contributed by atoms with E-state index in [2.05, 4.69) is 0 Å². The highest BCUT2D eigenvalue weighted by molar-refractivity contribution is 7.83. The van der Waals surface area contributed by atoms with Gasteiger partial charge in [-0.2, -0.15) is 13.1 Å². The zero-order valence-electron chi connectivity index (χ0n) is 7.38. The van der Waals surface area contributed by atoms with Gasteiger partial charge >= 0.3 is 10.3 Å². The van der Waals surface area contributed by atoms with Crippen molar-refractivity contribution in [2.24, 2.45) is 0 Å². The summed E-state index contributed by atoms with van der Waals surface area (Å²) in [6, 6.07) is -0.963. The molecule has 0 aromatic rings. The number of carbonyl (C=O) groups is 1. The van der Waals surface area contributed by atoms with Gasteiger partial charge in [0.2, 0.25) is 0 Å². The lowest BCUT2D eigenvalue weighted by atomic mass is 10.0. The molecule has 0 spiro atoms. The van der Waals surface area contributed by atoms with Crippen LogP contribution in [0, 0.1) is 0 Å². The van der Waals surface area contributed by atoms with E-state index in [4.69, 9.17) is 4.55 Å². The highest BCUT2D eigenvalue weighted by Crippen LogP contribution is 2.14. The molecule has 0 aliphatic heterocycles. The molecule has 1 unspecified atom stereocenters. The predicted octanol–water partition coefficient (Wildman–Crippen LogP) is 0.223. The van der Waals surface area contributed by atoms with Gasteiger partial charge in [0.15, 0.2) is 0 Å². The smallest absolute Gasteiger partial charge is 0.301 e. The summed E-state index contributed by atoms with van der Waals surface area (Å²) in [5, 5.41) is 0. The molecule has 2 N–H and O–H groups in total. The van der Waals surface area contributed by atoms with Crippen molar-refractivity contribution >= 4 is 16.6 Å². The molecule has 0 aromatic carbocycles. The van der Waals surface area contributed by atoms with Gasteiger partial charge in [-0.15, -0.1) is 0 Å². The lowest BCUT2D eigenvalue weighted by Gasteiger charge is -2.15. The Morgan fingerprint density at radius 3 is 2.64 bits per heavy atom. The first-order valence-corrected chi connectivity index (χ1v) is 5.51. The van der Waals surface area contributed by atoms with Gasteiger partial charge in [-0.05, 0) is 18.4 Å². The molecule has 1 rings (SSSR count). The Hall–Kier alpha value is -0.980. The molecular weight excluding hydrogens is 206 g/mol. The number of aldehydes is 1. The number of allylic oxidation sites excluding steroid dienone is 3. The molecule has 1 atom stereocenters. The topological polar surface area (TPSA) is 83.5 Å². The van der Waals surface area contributed by atoms with Crippen molar-refractivity contribution in [2.45, 2.75) is 18.9 Å². The van der Waals surface area contributed by atoms with Crippen molar-refractivity contribution in [1.82, 2.24) is 4.72 Å². The molecule has 0 radical (unpaired) electrons. The van der Waals surface area contributed by atoms with Gasteiger partial charge < -0.3 is 4.79 Å². The van der Waals surface area contributed by atoms with Crippen molar-refractivity contribution in [3.8, 4) is 0 Å². The zero-order chi connectivity index (χ0) is 10.6. The molecule has 78 valence electrons. The van der Waals surface area contributed by atoms with Gasteiger partial charge in [0.25, 0.3) is 0 Å². The monoisotopic (exact) mass is 217 g/mol. The van der Waals surface area contributed by atoms with Crippen LogP contribution in [0.25, 0.3) is 0 Å². The number of nitrogens with one attached hydrogen (secondary N) is 1. The van der Waals surface area contributed by atoms with Crippen molar-refractivity contribution in [3.63, 3.8) is 0 Å². The number of hydrogen-bond acceptors (Lipinski definition) is 3. The quantitative estimate of drug-likeness (QED) is 0.401.